The highest BCUT2D eigenvalue weighted by molar-refractivity contribution is 6.12. The molecule has 10 heteroatoms. The zero-order valence-corrected chi connectivity index (χ0v) is 19.0. The van der Waals surface area contributed by atoms with Gasteiger partial charge in [0.15, 0.2) is 0 Å². The third-order valence-electron chi connectivity index (χ3n) is 5.55. The van der Waals surface area contributed by atoms with E-state index in [-0.39, 0.29) is 43.4 Å². The quantitative estimate of drug-likeness (QED) is 0.326. The summed E-state index contributed by atoms with van der Waals surface area (Å²) in [7, 11) is 3.12. The monoisotopic (exact) mass is 454 g/mol. The first-order valence-corrected chi connectivity index (χ1v) is 11.1. The number of carbonyl (C=O) groups excluding carboxylic acids is 4. The van der Waals surface area contributed by atoms with Gasteiger partial charge in [-0.25, -0.2) is 14.5 Å². The zero-order valence-electron chi connectivity index (χ0n) is 19.0. The van der Waals surface area contributed by atoms with E-state index >= 15 is 0 Å². The summed E-state index contributed by atoms with van der Waals surface area (Å²) in [5, 5.41) is 0. The Labute approximate surface area is 188 Å². The van der Waals surface area contributed by atoms with Crippen LogP contribution in [-0.4, -0.2) is 87.5 Å². The Balaban J connectivity index is 1.93. The predicted molar refractivity (Wildman–Crippen MR) is 114 cm³/mol. The molecule has 1 saturated carbocycles. The van der Waals surface area contributed by atoms with Gasteiger partial charge in [0.2, 0.25) is 0 Å². The summed E-state index contributed by atoms with van der Waals surface area (Å²) in [6.45, 7) is 1.69. The van der Waals surface area contributed by atoms with Crippen molar-refractivity contribution in [1.82, 2.24) is 9.80 Å². The van der Waals surface area contributed by atoms with Crippen LogP contribution in [0.2, 0.25) is 0 Å². The molecule has 0 bridgehead atoms. The van der Waals surface area contributed by atoms with E-state index < -0.39 is 12.2 Å². The Morgan fingerprint density at radius 2 is 1.44 bits per heavy atom. The topological polar surface area (TPSA) is 112 Å². The lowest BCUT2D eigenvalue weighted by molar-refractivity contribution is -0.137. The Kier molecular flexibility index (Phi) is 11.2. The van der Waals surface area contributed by atoms with E-state index in [2.05, 4.69) is 0 Å². The molecule has 0 aromatic heterocycles. The van der Waals surface area contributed by atoms with Gasteiger partial charge in [0.05, 0.1) is 13.2 Å². The van der Waals surface area contributed by atoms with Gasteiger partial charge in [-0.15, -0.1) is 0 Å². The smallest absolute Gasteiger partial charge is 0.419 e. The molecule has 0 aromatic rings. The van der Waals surface area contributed by atoms with E-state index in [1.54, 1.807) is 14.2 Å². The highest BCUT2D eigenvalue weighted by atomic mass is 16.6. The molecular weight excluding hydrogens is 420 g/mol. The Morgan fingerprint density at radius 3 is 1.97 bits per heavy atom. The minimum atomic E-state index is -0.742. The average Bonchev–Trinajstić information content (AvgIpc) is 3.10. The van der Waals surface area contributed by atoms with Crippen LogP contribution in [0.4, 0.5) is 9.59 Å². The van der Waals surface area contributed by atoms with Crippen molar-refractivity contribution in [3.63, 3.8) is 0 Å². The van der Waals surface area contributed by atoms with Gasteiger partial charge in [0.25, 0.3) is 11.8 Å². The maximum absolute atomic E-state index is 12.6. The van der Waals surface area contributed by atoms with Crippen molar-refractivity contribution in [2.45, 2.75) is 38.5 Å². The number of rotatable bonds is 12. The van der Waals surface area contributed by atoms with E-state index in [0.717, 1.165) is 24.2 Å². The molecule has 2 unspecified atom stereocenters. The highest BCUT2D eigenvalue weighted by Crippen LogP contribution is 2.31. The molecule has 0 aromatic carbocycles. The van der Waals surface area contributed by atoms with Crippen molar-refractivity contribution in [3.05, 3.63) is 12.2 Å². The van der Waals surface area contributed by atoms with Crippen molar-refractivity contribution in [1.29, 1.82) is 0 Å². The third-order valence-corrected chi connectivity index (χ3v) is 5.55. The van der Waals surface area contributed by atoms with Crippen LogP contribution in [0.1, 0.15) is 38.5 Å². The van der Waals surface area contributed by atoms with Gasteiger partial charge >= 0.3 is 12.2 Å². The molecule has 0 radical (unpaired) electrons. The van der Waals surface area contributed by atoms with Crippen LogP contribution < -0.4 is 0 Å². The van der Waals surface area contributed by atoms with Gasteiger partial charge < -0.3 is 18.9 Å². The minimum absolute atomic E-state index is 0.0348. The van der Waals surface area contributed by atoms with E-state index in [1.807, 2.05) is 0 Å². The molecule has 1 fully saturated rings. The molecule has 4 amide bonds. The maximum atomic E-state index is 12.6. The van der Waals surface area contributed by atoms with Crippen LogP contribution in [-0.2, 0) is 28.5 Å². The standard InChI is InChI=1S/C22H34N2O8/c1-29-10-4-12-31-21(27)24(22(28)32-13-5-11-30-2)16-18-7-3-6-17(14-18)15-23-19(25)8-9-20(23)26/h8-9,17-18H,3-7,10-16H2,1-2H3. The molecular formula is C22H34N2O8. The molecule has 1 heterocycles. The first kappa shape index (κ1) is 25.8. The molecule has 32 heavy (non-hydrogen) atoms. The molecule has 180 valence electrons. The van der Waals surface area contributed by atoms with Gasteiger partial charge in [0.1, 0.15) is 0 Å². The summed E-state index contributed by atoms with van der Waals surface area (Å²) in [6.07, 6.45) is 5.43. The van der Waals surface area contributed by atoms with Crippen molar-refractivity contribution in [3.8, 4) is 0 Å². The summed E-state index contributed by atoms with van der Waals surface area (Å²) >= 11 is 0. The number of amides is 4. The fraction of sp³-hybridized carbons (Fsp3) is 0.727. The number of methoxy groups -OCH3 is 2. The molecule has 2 atom stereocenters. The Bertz CT molecular complexity index is 639. The molecule has 2 aliphatic rings. The van der Waals surface area contributed by atoms with Gasteiger partial charge in [-0.05, 0) is 31.1 Å². The van der Waals surface area contributed by atoms with Gasteiger partial charge in [-0.1, -0.05) is 6.42 Å². The van der Waals surface area contributed by atoms with Crippen molar-refractivity contribution < 1.29 is 38.1 Å². The van der Waals surface area contributed by atoms with Crippen LogP contribution in [0, 0.1) is 11.8 Å². The predicted octanol–water partition coefficient (Wildman–Crippen LogP) is 2.37. The number of carbonyl (C=O) groups is 4. The molecule has 1 aliphatic heterocycles. The lowest BCUT2D eigenvalue weighted by Gasteiger charge is -2.33. The lowest BCUT2D eigenvalue weighted by atomic mass is 9.81. The third kappa shape index (κ3) is 8.23. The second-order valence-electron chi connectivity index (χ2n) is 8.05. The largest absolute Gasteiger partial charge is 0.449 e. The van der Waals surface area contributed by atoms with Gasteiger partial charge in [0, 0.05) is 65.5 Å². The average molecular weight is 455 g/mol. The second kappa shape index (κ2) is 13.8. The summed E-state index contributed by atoms with van der Waals surface area (Å²) in [6, 6.07) is 0. The fourth-order valence-electron chi connectivity index (χ4n) is 3.97. The highest BCUT2D eigenvalue weighted by Gasteiger charge is 2.33. The molecule has 10 nitrogen and oxygen atoms in total. The number of hydrogen-bond donors (Lipinski definition) is 0. The summed E-state index contributed by atoms with van der Waals surface area (Å²) in [5.41, 5.74) is 0. The Morgan fingerprint density at radius 1 is 0.906 bits per heavy atom. The second-order valence-corrected chi connectivity index (χ2v) is 8.05. The van der Waals surface area contributed by atoms with Crippen LogP contribution in [0.15, 0.2) is 12.2 Å². The van der Waals surface area contributed by atoms with Crippen LogP contribution >= 0.6 is 0 Å². The SMILES string of the molecule is COCCCOC(=O)N(CC1CCCC(CN2C(=O)C=CC2=O)C1)C(=O)OCCCOC. The molecule has 1 aliphatic carbocycles. The first-order chi connectivity index (χ1) is 15.5. The van der Waals surface area contributed by atoms with E-state index in [4.69, 9.17) is 18.9 Å². The Hall–Kier alpha value is -2.46. The first-order valence-electron chi connectivity index (χ1n) is 11.1. The molecule has 2 rings (SSSR count). The zero-order chi connectivity index (χ0) is 23.3. The maximum Gasteiger partial charge on any atom is 0.419 e. The van der Waals surface area contributed by atoms with Gasteiger partial charge in [-0.3, -0.25) is 14.5 Å². The van der Waals surface area contributed by atoms with Gasteiger partial charge in [-0.2, -0.15) is 0 Å². The summed E-state index contributed by atoms with van der Waals surface area (Å²) in [4.78, 5) is 51.2. The lowest BCUT2D eigenvalue weighted by Crippen LogP contribution is -2.43. The number of hydrogen-bond acceptors (Lipinski definition) is 8. The van der Waals surface area contributed by atoms with E-state index in [1.165, 1.54) is 17.1 Å². The minimum Gasteiger partial charge on any atom is -0.449 e. The van der Waals surface area contributed by atoms with Crippen molar-refractivity contribution in [2.75, 3.05) is 53.7 Å². The summed E-state index contributed by atoms with van der Waals surface area (Å²) in [5.74, 6) is -0.428. The molecule has 0 saturated heterocycles. The van der Waals surface area contributed by atoms with Crippen molar-refractivity contribution >= 4 is 24.0 Å². The number of ether oxygens (including phenoxy) is 4. The molecule has 0 spiro atoms. The number of imide groups is 2. The number of nitrogens with zero attached hydrogens (tertiary/aromatic N) is 2. The normalized spacial score (nSPS) is 20.5. The van der Waals surface area contributed by atoms with Crippen LogP contribution in [0.3, 0.4) is 0 Å². The summed E-state index contributed by atoms with van der Waals surface area (Å²) < 4.78 is 20.4. The molecule has 0 N–H and O–H groups in total. The van der Waals surface area contributed by atoms with Crippen molar-refractivity contribution in [2.24, 2.45) is 11.8 Å². The fourth-order valence-corrected chi connectivity index (χ4v) is 3.97. The van der Waals surface area contributed by atoms with Crippen LogP contribution in [0.5, 0.6) is 0 Å². The van der Waals surface area contributed by atoms with E-state index in [9.17, 15) is 19.2 Å². The van der Waals surface area contributed by atoms with Crippen LogP contribution in [0.25, 0.3) is 0 Å². The van der Waals surface area contributed by atoms with E-state index in [0.29, 0.717) is 39.0 Å².